The Balaban J connectivity index is 2.05. The lowest BCUT2D eigenvalue weighted by atomic mass is 10.0. The average molecular weight is 250 g/mol. The first-order valence-corrected chi connectivity index (χ1v) is 6.91. The Kier molecular flexibility index (Phi) is 4.07. The molecule has 0 aliphatic carbocycles. The molecule has 1 aliphatic heterocycles. The van der Waals surface area contributed by atoms with Gasteiger partial charge in [-0.2, -0.15) is 0 Å². The lowest BCUT2D eigenvalue weighted by molar-refractivity contribution is -0.118. The van der Waals surface area contributed by atoms with E-state index in [1.165, 1.54) is 10.5 Å². The van der Waals surface area contributed by atoms with Crippen LogP contribution in [0.3, 0.4) is 0 Å². The Bertz CT molecular complexity index is 408. The van der Waals surface area contributed by atoms with Crippen LogP contribution in [0, 0.1) is 0 Å². The highest BCUT2D eigenvalue weighted by molar-refractivity contribution is 7.99. The first-order chi connectivity index (χ1) is 8.16. The minimum absolute atomic E-state index is 0.133. The average Bonchev–Trinajstić information content (AvgIpc) is 2.28. The number of nitrogens with one attached hydrogen (secondary N) is 1. The third kappa shape index (κ3) is 3.23. The second-order valence-corrected chi connectivity index (χ2v) is 5.60. The summed E-state index contributed by atoms with van der Waals surface area (Å²) >= 11 is 1.90. The zero-order chi connectivity index (χ0) is 12.3. The molecule has 2 rings (SSSR count). The molecule has 0 spiro atoms. The van der Waals surface area contributed by atoms with Crippen molar-refractivity contribution in [3.05, 3.63) is 29.8 Å². The standard InChI is InChI=1S/C13H18N2OS/c1-9(8-13(14)16)15-11-6-7-17-12-5-3-2-4-10(11)12/h2-5,9,11,15H,6-8H2,1H3,(H2,14,16)/t9-,11-/m0/s1. The van der Waals surface area contributed by atoms with E-state index >= 15 is 0 Å². The number of hydrogen-bond acceptors (Lipinski definition) is 3. The molecule has 0 saturated heterocycles. The Morgan fingerprint density at radius 2 is 2.35 bits per heavy atom. The number of thioether (sulfide) groups is 1. The normalized spacial score (nSPS) is 20.6. The molecule has 3 nitrogen and oxygen atoms in total. The lowest BCUT2D eigenvalue weighted by Crippen LogP contribution is -2.35. The van der Waals surface area contributed by atoms with Crippen LogP contribution < -0.4 is 11.1 Å². The van der Waals surface area contributed by atoms with Crippen molar-refractivity contribution in [3.63, 3.8) is 0 Å². The molecule has 1 aromatic rings. The molecule has 0 unspecified atom stereocenters. The predicted molar refractivity (Wildman–Crippen MR) is 70.9 cm³/mol. The minimum atomic E-state index is -0.247. The van der Waals surface area contributed by atoms with Crippen molar-refractivity contribution >= 4 is 17.7 Å². The molecular formula is C13H18N2OS. The van der Waals surface area contributed by atoms with Crippen molar-refractivity contribution in [1.29, 1.82) is 0 Å². The van der Waals surface area contributed by atoms with Crippen molar-refractivity contribution < 1.29 is 4.79 Å². The van der Waals surface area contributed by atoms with Crippen LogP contribution in [0.1, 0.15) is 31.4 Å². The summed E-state index contributed by atoms with van der Waals surface area (Å²) < 4.78 is 0. The van der Waals surface area contributed by atoms with Gasteiger partial charge in [0.25, 0.3) is 0 Å². The largest absolute Gasteiger partial charge is 0.370 e. The molecule has 1 aromatic carbocycles. The van der Waals surface area contributed by atoms with E-state index in [9.17, 15) is 4.79 Å². The van der Waals surface area contributed by atoms with Crippen molar-refractivity contribution in [3.8, 4) is 0 Å². The van der Waals surface area contributed by atoms with Gasteiger partial charge in [-0.15, -0.1) is 11.8 Å². The van der Waals surface area contributed by atoms with Gasteiger partial charge in [0.2, 0.25) is 5.91 Å². The van der Waals surface area contributed by atoms with E-state index in [4.69, 9.17) is 5.73 Å². The Labute approximate surface area is 106 Å². The van der Waals surface area contributed by atoms with Gasteiger partial charge in [0.1, 0.15) is 0 Å². The summed E-state index contributed by atoms with van der Waals surface area (Å²) in [6, 6.07) is 8.94. The van der Waals surface area contributed by atoms with Gasteiger partial charge in [-0.25, -0.2) is 0 Å². The second-order valence-electron chi connectivity index (χ2n) is 4.47. The number of carbonyl (C=O) groups excluding carboxylic acids is 1. The quantitative estimate of drug-likeness (QED) is 0.860. The van der Waals surface area contributed by atoms with Gasteiger partial charge in [0, 0.05) is 23.4 Å². The van der Waals surface area contributed by atoms with Gasteiger partial charge >= 0.3 is 0 Å². The van der Waals surface area contributed by atoms with Crippen LogP contribution >= 0.6 is 11.8 Å². The molecule has 2 atom stereocenters. The number of hydrogen-bond donors (Lipinski definition) is 2. The molecule has 92 valence electrons. The highest BCUT2D eigenvalue weighted by Gasteiger charge is 2.21. The fourth-order valence-corrected chi connectivity index (χ4v) is 3.34. The van der Waals surface area contributed by atoms with Gasteiger partial charge in [-0.05, 0) is 30.7 Å². The minimum Gasteiger partial charge on any atom is -0.370 e. The Morgan fingerprint density at radius 1 is 1.59 bits per heavy atom. The molecule has 4 heteroatoms. The van der Waals surface area contributed by atoms with Crippen molar-refractivity contribution in [2.75, 3.05) is 5.75 Å². The number of fused-ring (bicyclic) bond motifs is 1. The SMILES string of the molecule is C[C@@H](CC(N)=O)N[C@H]1CCSc2ccccc21. The van der Waals surface area contributed by atoms with Crippen molar-refractivity contribution in [1.82, 2.24) is 5.32 Å². The van der Waals surface area contributed by atoms with Gasteiger partial charge in [-0.1, -0.05) is 18.2 Å². The molecule has 0 bridgehead atoms. The van der Waals surface area contributed by atoms with Gasteiger partial charge in [0.15, 0.2) is 0 Å². The lowest BCUT2D eigenvalue weighted by Gasteiger charge is -2.28. The van der Waals surface area contributed by atoms with Crippen LogP contribution in [0.5, 0.6) is 0 Å². The van der Waals surface area contributed by atoms with Crippen LogP contribution in [0.15, 0.2) is 29.2 Å². The van der Waals surface area contributed by atoms with E-state index in [0.29, 0.717) is 12.5 Å². The summed E-state index contributed by atoms with van der Waals surface area (Å²) in [7, 11) is 0. The molecule has 1 amide bonds. The number of carbonyl (C=O) groups is 1. The molecule has 0 saturated carbocycles. The maximum atomic E-state index is 10.9. The van der Waals surface area contributed by atoms with Crippen LogP contribution in [-0.4, -0.2) is 17.7 Å². The van der Waals surface area contributed by atoms with E-state index in [-0.39, 0.29) is 11.9 Å². The third-order valence-electron chi connectivity index (χ3n) is 2.95. The first-order valence-electron chi connectivity index (χ1n) is 5.93. The molecule has 0 fully saturated rings. The molecule has 1 heterocycles. The number of benzene rings is 1. The maximum Gasteiger partial charge on any atom is 0.218 e. The number of amides is 1. The molecular weight excluding hydrogens is 232 g/mol. The molecule has 3 N–H and O–H groups in total. The highest BCUT2D eigenvalue weighted by Crippen LogP contribution is 2.36. The van der Waals surface area contributed by atoms with Crippen LogP contribution in [0.25, 0.3) is 0 Å². The topological polar surface area (TPSA) is 55.1 Å². The van der Waals surface area contributed by atoms with Crippen molar-refractivity contribution in [2.45, 2.75) is 36.7 Å². The predicted octanol–water partition coefficient (Wildman–Crippen LogP) is 2.08. The number of nitrogens with two attached hydrogens (primary N) is 1. The molecule has 0 aromatic heterocycles. The van der Waals surface area contributed by atoms with Gasteiger partial charge in [0.05, 0.1) is 0 Å². The Morgan fingerprint density at radius 3 is 3.12 bits per heavy atom. The highest BCUT2D eigenvalue weighted by atomic mass is 32.2. The van der Waals surface area contributed by atoms with Crippen LogP contribution in [0.4, 0.5) is 0 Å². The summed E-state index contributed by atoms with van der Waals surface area (Å²) in [5.41, 5.74) is 6.56. The maximum absolute atomic E-state index is 10.9. The first kappa shape index (κ1) is 12.5. The summed E-state index contributed by atoms with van der Waals surface area (Å²) in [5.74, 6) is 0.876. The number of primary amides is 1. The van der Waals surface area contributed by atoms with E-state index in [0.717, 1.165) is 12.2 Å². The summed E-state index contributed by atoms with van der Waals surface area (Å²) in [5, 5.41) is 3.49. The molecule has 0 radical (unpaired) electrons. The second kappa shape index (κ2) is 5.56. The van der Waals surface area contributed by atoms with Gasteiger partial charge < -0.3 is 11.1 Å². The molecule has 1 aliphatic rings. The fourth-order valence-electron chi connectivity index (χ4n) is 2.22. The fraction of sp³-hybridized carbons (Fsp3) is 0.462. The Hall–Kier alpha value is -1.00. The molecule has 17 heavy (non-hydrogen) atoms. The van der Waals surface area contributed by atoms with E-state index < -0.39 is 0 Å². The number of rotatable bonds is 4. The zero-order valence-electron chi connectivity index (χ0n) is 9.98. The summed E-state index contributed by atoms with van der Waals surface area (Å²) in [4.78, 5) is 12.2. The zero-order valence-corrected chi connectivity index (χ0v) is 10.8. The monoisotopic (exact) mass is 250 g/mol. The van der Waals surface area contributed by atoms with Crippen LogP contribution in [-0.2, 0) is 4.79 Å². The smallest absolute Gasteiger partial charge is 0.218 e. The third-order valence-corrected chi connectivity index (χ3v) is 4.07. The van der Waals surface area contributed by atoms with E-state index in [1.807, 2.05) is 18.7 Å². The van der Waals surface area contributed by atoms with Gasteiger partial charge in [-0.3, -0.25) is 4.79 Å². The van der Waals surface area contributed by atoms with Crippen molar-refractivity contribution in [2.24, 2.45) is 5.73 Å². The summed E-state index contributed by atoms with van der Waals surface area (Å²) in [6.07, 6.45) is 1.50. The van der Waals surface area contributed by atoms with E-state index in [2.05, 4.69) is 29.6 Å². The van der Waals surface area contributed by atoms with Crippen LogP contribution in [0.2, 0.25) is 0 Å². The summed E-state index contributed by atoms with van der Waals surface area (Å²) in [6.45, 7) is 2.01. The van der Waals surface area contributed by atoms with E-state index in [1.54, 1.807) is 0 Å².